The number of rotatable bonds is 6. The minimum absolute atomic E-state index is 0.0466. The average Bonchev–Trinajstić information content (AvgIpc) is 3.43. The first-order valence-electron chi connectivity index (χ1n) is 10.8. The number of aliphatic hydroxyl groups is 2. The van der Waals surface area contributed by atoms with Crippen LogP contribution in [0.15, 0.2) is 36.8 Å². The van der Waals surface area contributed by atoms with Crippen molar-refractivity contribution in [2.45, 2.75) is 63.1 Å². The lowest BCUT2D eigenvalue weighted by atomic mass is 9.93. The first-order chi connectivity index (χ1) is 15.8. The first kappa shape index (κ1) is 23.0. The first-order valence-corrected chi connectivity index (χ1v) is 11.6. The Morgan fingerprint density at radius 1 is 1.15 bits per heavy atom. The third kappa shape index (κ3) is 4.14. The summed E-state index contributed by atoms with van der Waals surface area (Å²) in [6.45, 7) is 3.73. The van der Waals surface area contributed by atoms with Crippen molar-refractivity contribution in [1.82, 2.24) is 14.5 Å². The Labute approximate surface area is 201 Å². The van der Waals surface area contributed by atoms with Crippen LogP contribution in [0.5, 0.6) is 0 Å². The lowest BCUT2D eigenvalue weighted by Crippen LogP contribution is -2.34. The van der Waals surface area contributed by atoms with E-state index in [0.29, 0.717) is 39.6 Å². The van der Waals surface area contributed by atoms with Crippen LogP contribution in [0.25, 0.3) is 11.0 Å². The highest BCUT2D eigenvalue weighted by Gasteiger charge is 2.58. The number of ether oxygens (including phenoxy) is 3. The minimum atomic E-state index is -0.994. The molecule has 5 rings (SSSR count). The van der Waals surface area contributed by atoms with Gasteiger partial charge in [-0.25, -0.2) is 9.97 Å². The summed E-state index contributed by atoms with van der Waals surface area (Å²) >= 11 is 12.4. The third-order valence-corrected chi connectivity index (χ3v) is 6.68. The molecule has 10 heteroatoms. The normalized spacial score (nSPS) is 27.2. The predicted octanol–water partition coefficient (Wildman–Crippen LogP) is 3.81. The number of nitrogens with zero attached hydrogens (tertiary/aromatic N) is 3. The van der Waals surface area contributed by atoms with Gasteiger partial charge in [-0.3, -0.25) is 0 Å². The molecule has 0 amide bonds. The topological polar surface area (TPSA) is 98.9 Å². The third-order valence-electron chi connectivity index (χ3n) is 6.14. The van der Waals surface area contributed by atoms with E-state index in [1.54, 1.807) is 12.1 Å². The van der Waals surface area contributed by atoms with Crippen LogP contribution in [0.4, 0.5) is 0 Å². The van der Waals surface area contributed by atoms with Gasteiger partial charge in [0.15, 0.2) is 12.0 Å². The molecule has 2 saturated heterocycles. The number of halogens is 2. The van der Waals surface area contributed by atoms with Crippen LogP contribution in [0.1, 0.15) is 43.7 Å². The summed E-state index contributed by atoms with van der Waals surface area (Å²) in [7, 11) is 0. The van der Waals surface area contributed by atoms with Gasteiger partial charge >= 0.3 is 0 Å². The summed E-state index contributed by atoms with van der Waals surface area (Å²) in [6.07, 6.45) is 1.08. The van der Waals surface area contributed by atoms with Crippen LogP contribution in [-0.2, 0) is 20.6 Å². The highest BCUT2D eigenvalue weighted by Crippen LogP contribution is 2.47. The highest BCUT2D eigenvalue weighted by atomic mass is 35.5. The fourth-order valence-corrected chi connectivity index (χ4v) is 5.14. The molecule has 2 aliphatic heterocycles. The summed E-state index contributed by atoms with van der Waals surface area (Å²) in [4.78, 5) is 8.41. The molecule has 2 fully saturated rings. The molecule has 0 aliphatic carbocycles. The molecular formula is C23H25Cl2N3O5. The summed E-state index contributed by atoms with van der Waals surface area (Å²) in [5, 5.41) is 22.4. The van der Waals surface area contributed by atoms with Crippen LogP contribution in [-0.4, -0.2) is 55.5 Å². The molecule has 4 heterocycles. The van der Waals surface area contributed by atoms with E-state index in [9.17, 15) is 10.2 Å². The van der Waals surface area contributed by atoms with Crippen molar-refractivity contribution >= 4 is 34.2 Å². The fourth-order valence-electron chi connectivity index (χ4n) is 4.76. The molecule has 2 aliphatic rings. The van der Waals surface area contributed by atoms with Crippen LogP contribution in [0, 0.1) is 0 Å². The molecule has 33 heavy (non-hydrogen) atoms. The van der Waals surface area contributed by atoms with Crippen molar-refractivity contribution in [3.05, 3.63) is 58.1 Å². The number of aliphatic hydroxyl groups excluding tert-OH is 2. The Kier molecular flexibility index (Phi) is 6.11. The number of hydrogen-bond acceptors (Lipinski definition) is 7. The van der Waals surface area contributed by atoms with E-state index >= 15 is 0 Å². The van der Waals surface area contributed by atoms with E-state index < -0.39 is 36.4 Å². The number of fused-ring (bicyclic) bond motifs is 2. The molecule has 0 radical (unpaired) electrons. The molecule has 1 aromatic carbocycles. The number of hydrogen-bond donors (Lipinski definition) is 2. The van der Waals surface area contributed by atoms with E-state index in [4.69, 9.17) is 37.4 Å². The van der Waals surface area contributed by atoms with Crippen molar-refractivity contribution in [1.29, 1.82) is 0 Å². The maximum atomic E-state index is 11.5. The number of aryl methyl sites for hydroxylation is 1. The quantitative estimate of drug-likeness (QED) is 0.503. The molecule has 3 aromatic rings. The van der Waals surface area contributed by atoms with Gasteiger partial charge in [0.05, 0.1) is 5.39 Å². The standard InChI is InChI=1S/C23H25Cl2N3O5/c1-23(2)32-18-17(16(30)14-6-5-13(24)10-12(14)4-3-9-29)31-22(19(18)33-23)28-8-7-15-20(25)26-11-27-21(15)28/h5-8,10-11,16-19,22,29-30H,3-4,9H2,1-2H3/t16-,17-,18-,19-,22?/m1/s1. The van der Waals surface area contributed by atoms with Gasteiger partial charge in [0.25, 0.3) is 0 Å². The molecule has 0 spiro atoms. The lowest BCUT2D eigenvalue weighted by molar-refractivity contribution is -0.207. The fraction of sp³-hybridized carbons (Fsp3) is 0.478. The number of benzene rings is 1. The SMILES string of the molecule is CC1(C)O[C@@H]2[C@@H]([C@H](O)c3ccc(Cl)cc3CCCO)OC(n3ccc4c(Cl)ncnc43)[C@@H]2O1. The van der Waals surface area contributed by atoms with Crippen LogP contribution in [0.3, 0.4) is 0 Å². The Balaban J connectivity index is 1.52. The second kappa shape index (κ2) is 8.78. The second-order valence-electron chi connectivity index (χ2n) is 8.80. The van der Waals surface area contributed by atoms with Gasteiger partial charge in [0, 0.05) is 17.8 Å². The van der Waals surface area contributed by atoms with E-state index in [1.807, 2.05) is 36.7 Å². The van der Waals surface area contributed by atoms with Gasteiger partial charge in [-0.05, 0) is 56.0 Å². The van der Waals surface area contributed by atoms with Crippen molar-refractivity contribution in [2.24, 2.45) is 0 Å². The molecule has 176 valence electrons. The maximum absolute atomic E-state index is 11.5. The minimum Gasteiger partial charge on any atom is -0.396 e. The monoisotopic (exact) mass is 493 g/mol. The van der Waals surface area contributed by atoms with Gasteiger partial charge in [0.2, 0.25) is 0 Å². The van der Waals surface area contributed by atoms with E-state index in [1.165, 1.54) is 6.33 Å². The Morgan fingerprint density at radius 3 is 2.73 bits per heavy atom. The van der Waals surface area contributed by atoms with Crippen molar-refractivity contribution in [3.63, 3.8) is 0 Å². The molecule has 2 N–H and O–H groups in total. The van der Waals surface area contributed by atoms with Crippen molar-refractivity contribution < 1.29 is 24.4 Å². The molecule has 0 saturated carbocycles. The molecule has 5 atom stereocenters. The largest absolute Gasteiger partial charge is 0.396 e. The zero-order valence-electron chi connectivity index (χ0n) is 18.2. The molecule has 8 nitrogen and oxygen atoms in total. The van der Waals surface area contributed by atoms with Crippen molar-refractivity contribution in [3.8, 4) is 0 Å². The molecule has 2 aromatic heterocycles. The van der Waals surface area contributed by atoms with Crippen LogP contribution in [0.2, 0.25) is 10.2 Å². The maximum Gasteiger partial charge on any atom is 0.164 e. The summed E-state index contributed by atoms with van der Waals surface area (Å²) < 4.78 is 20.6. The number of aromatic nitrogens is 3. The van der Waals surface area contributed by atoms with Crippen LogP contribution < -0.4 is 0 Å². The zero-order valence-corrected chi connectivity index (χ0v) is 19.7. The van der Waals surface area contributed by atoms with E-state index in [-0.39, 0.29) is 6.61 Å². The van der Waals surface area contributed by atoms with Gasteiger partial charge in [-0.2, -0.15) is 0 Å². The van der Waals surface area contributed by atoms with Crippen molar-refractivity contribution in [2.75, 3.05) is 6.61 Å². The van der Waals surface area contributed by atoms with Gasteiger partial charge in [0.1, 0.15) is 41.5 Å². The average molecular weight is 494 g/mol. The Morgan fingerprint density at radius 2 is 1.94 bits per heavy atom. The zero-order chi connectivity index (χ0) is 23.3. The van der Waals surface area contributed by atoms with E-state index in [0.717, 1.165) is 5.56 Å². The highest BCUT2D eigenvalue weighted by molar-refractivity contribution is 6.33. The lowest BCUT2D eigenvalue weighted by Gasteiger charge is -2.28. The summed E-state index contributed by atoms with van der Waals surface area (Å²) in [5.74, 6) is -0.843. The van der Waals surface area contributed by atoms with Gasteiger partial charge in [-0.1, -0.05) is 29.3 Å². The smallest absolute Gasteiger partial charge is 0.164 e. The molecule has 0 bridgehead atoms. The Bertz CT molecular complexity index is 1170. The van der Waals surface area contributed by atoms with Gasteiger partial charge in [-0.15, -0.1) is 0 Å². The summed E-state index contributed by atoms with van der Waals surface area (Å²) in [5.41, 5.74) is 2.15. The predicted molar refractivity (Wildman–Crippen MR) is 122 cm³/mol. The molecule has 1 unspecified atom stereocenters. The molecular weight excluding hydrogens is 469 g/mol. The Hall–Kier alpha value is -1.78. The van der Waals surface area contributed by atoms with Crippen LogP contribution >= 0.6 is 23.2 Å². The van der Waals surface area contributed by atoms with E-state index in [2.05, 4.69) is 9.97 Å². The summed E-state index contributed by atoms with van der Waals surface area (Å²) in [6, 6.07) is 7.17. The van der Waals surface area contributed by atoms with Gasteiger partial charge < -0.3 is 29.0 Å². The second-order valence-corrected chi connectivity index (χ2v) is 9.59.